The lowest BCUT2D eigenvalue weighted by atomic mass is 9.99. The Morgan fingerprint density at radius 3 is 1.72 bits per heavy atom. The highest BCUT2D eigenvalue weighted by molar-refractivity contribution is 7.26. The van der Waals surface area contributed by atoms with E-state index in [0.29, 0.717) is 23.0 Å². The molecule has 0 bridgehead atoms. The molecule has 0 fully saturated rings. The van der Waals surface area contributed by atoms with E-state index < -0.39 is 6.04 Å². The molecule has 11 rings (SSSR count). The van der Waals surface area contributed by atoms with Crippen LogP contribution in [0.25, 0.3) is 109 Å². The summed E-state index contributed by atoms with van der Waals surface area (Å²) in [6.07, 6.45) is 0. The van der Waals surface area contributed by atoms with Gasteiger partial charge in [0.1, 0.15) is 11.2 Å². The lowest BCUT2D eigenvalue weighted by Crippen LogP contribution is -2.00. The van der Waals surface area contributed by atoms with E-state index in [9.17, 15) is 0 Å². The van der Waals surface area contributed by atoms with Gasteiger partial charge in [-0.25, -0.2) is 15.0 Å². The minimum absolute atomic E-state index is 0.205. The van der Waals surface area contributed by atoms with E-state index in [0.717, 1.165) is 80.7 Å². The Kier molecular flexibility index (Phi) is 5.92. The summed E-state index contributed by atoms with van der Waals surface area (Å²) < 4.78 is 50.2. The molecule has 0 N–H and O–H groups in total. The monoisotopic (exact) mass is 712 g/mol. The molecule has 3 heterocycles. The molecule has 0 aliphatic carbocycles. The van der Waals surface area contributed by atoms with Gasteiger partial charge in [0.15, 0.2) is 17.5 Å². The van der Waals surface area contributed by atoms with Crippen molar-refractivity contribution in [1.82, 2.24) is 15.0 Å². The molecule has 0 atom stereocenters. The molecule has 0 spiro atoms. The molecule has 0 amide bonds. The Morgan fingerprint density at radius 1 is 0.407 bits per heavy atom. The quantitative estimate of drug-likeness (QED) is 0.178. The van der Waals surface area contributed by atoms with Gasteiger partial charge in [-0.3, -0.25) is 0 Å². The second-order valence-corrected chi connectivity index (χ2v) is 14.2. The molecule has 11 aromatic rings. The second kappa shape index (κ2) is 12.3. The van der Waals surface area contributed by atoms with Gasteiger partial charge in [0.05, 0.1) is 6.85 Å². The summed E-state index contributed by atoms with van der Waals surface area (Å²) in [7, 11) is 0. The Labute approximate surface area is 321 Å². The van der Waals surface area contributed by atoms with Crippen molar-refractivity contribution in [3.63, 3.8) is 0 Å². The molecule has 0 aliphatic rings. The molecule has 54 heavy (non-hydrogen) atoms. The average Bonchev–Trinajstić information content (AvgIpc) is 3.86. The Bertz CT molecular complexity index is 3500. The molecule has 5 heteroatoms. The first-order valence-corrected chi connectivity index (χ1v) is 18.4. The van der Waals surface area contributed by atoms with Gasteiger partial charge in [-0.15, -0.1) is 11.3 Å². The molecular formula is C49H29N3OS. The molecule has 8 aromatic carbocycles. The van der Waals surface area contributed by atoms with Crippen molar-refractivity contribution in [1.29, 1.82) is 0 Å². The van der Waals surface area contributed by atoms with Gasteiger partial charge >= 0.3 is 0 Å². The van der Waals surface area contributed by atoms with E-state index in [1.165, 1.54) is 0 Å². The van der Waals surface area contributed by atoms with Gasteiger partial charge in [0.2, 0.25) is 0 Å². The SMILES string of the molecule is [2H]c1c([2H])c([2H])c(-c2cccc3c2sc2c(-c4ccc(-c5nc(-c6ccc7ccccc7c6)nc(-c6ccc7c(c6)oc6ccccc67)n5)cc4)cccc23)c([2H])c1[2H]. The number of furan rings is 1. The molecule has 0 unspecified atom stereocenters. The van der Waals surface area contributed by atoms with Crippen LogP contribution in [0.1, 0.15) is 6.85 Å². The predicted octanol–water partition coefficient (Wildman–Crippen LogP) is 13.6. The molecular weight excluding hydrogens is 679 g/mol. The number of nitrogens with zero attached hydrogens (tertiary/aromatic N) is 3. The molecule has 4 nitrogen and oxygen atoms in total. The topological polar surface area (TPSA) is 51.8 Å². The third kappa shape index (κ3) is 5.09. The molecule has 0 saturated carbocycles. The lowest BCUT2D eigenvalue weighted by molar-refractivity contribution is 0.669. The van der Waals surface area contributed by atoms with Crippen LogP contribution >= 0.6 is 11.3 Å². The van der Waals surface area contributed by atoms with E-state index in [1.807, 2.05) is 84.9 Å². The number of benzene rings is 8. The van der Waals surface area contributed by atoms with Crippen LogP contribution < -0.4 is 0 Å². The summed E-state index contributed by atoms with van der Waals surface area (Å²) >= 11 is 1.56. The van der Waals surface area contributed by atoms with Gasteiger partial charge in [-0.2, -0.15) is 0 Å². The van der Waals surface area contributed by atoms with Crippen molar-refractivity contribution in [2.24, 2.45) is 0 Å². The zero-order valence-electron chi connectivity index (χ0n) is 33.5. The van der Waals surface area contributed by atoms with E-state index in [4.69, 9.17) is 26.2 Å². The zero-order chi connectivity index (χ0) is 39.9. The number of aromatic nitrogens is 3. The number of rotatable bonds is 5. The number of thiophene rings is 1. The average molecular weight is 713 g/mol. The second-order valence-electron chi connectivity index (χ2n) is 13.2. The number of para-hydroxylation sites is 1. The molecule has 0 radical (unpaired) electrons. The van der Waals surface area contributed by atoms with Crippen molar-refractivity contribution in [3.05, 3.63) is 176 Å². The summed E-state index contributed by atoms with van der Waals surface area (Å²) in [4.78, 5) is 15.1. The Morgan fingerprint density at radius 2 is 0.963 bits per heavy atom. The smallest absolute Gasteiger partial charge is 0.164 e. The summed E-state index contributed by atoms with van der Waals surface area (Å²) in [6.45, 7) is 0. The number of hydrogen-bond donors (Lipinski definition) is 0. The zero-order valence-corrected chi connectivity index (χ0v) is 29.3. The van der Waals surface area contributed by atoms with Crippen molar-refractivity contribution in [2.75, 3.05) is 0 Å². The largest absolute Gasteiger partial charge is 0.456 e. The number of fused-ring (bicyclic) bond motifs is 7. The minimum atomic E-state index is -0.402. The summed E-state index contributed by atoms with van der Waals surface area (Å²) in [6, 6.07) is 47.2. The third-order valence-electron chi connectivity index (χ3n) is 10.0. The summed E-state index contributed by atoms with van der Waals surface area (Å²) in [5.74, 6) is 1.64. The molecule has 0 saturated heterocycles. The number of hydrogen-bond acceptors (Lipinski definition) is 5. The van der Waals surface area contributed by atoms with E-state index in [2.05, 4.69) is 60.7 Å². The highest BCUT2D eigenvalue weighted by Crippen LogP contribution is 2.44. The van der Waals surface area contributed by atoms with Crippen LogP contribution in [-0.4, -0.2) is 15.0 Å². The lowest BCUT2D eigenvalue weighted by Gasteiger charge is -2.10. The standard InChI is InChI=1S/C49H29N3OS/c1-2-11-31(12-3-1)37-15-8-17-41-42-18-9-16-38(46(42)54-45(37)41)32-21-23-33(24-22-32)47-50-48(35-25-20-30-10-4-5-13-34(30)28-35)52-49(51-47)36-26-27-40-39-14-6-7-19-43(39)53-44(40)29-36/h1-29H/i1D,2D,3D,11D,12D. The highest BCUT2D eigenvalue weighted by Gasteiger charge is 2.17. The normalized spacial score (nSPS) is 13.0. The molecule has 3 aromatic heterocycles. The van der Waals surface area contributed by atoms with Crippen LogP contribution in [0.5, 0.6) is 0 Å². The van der Waals surface area contributed by atoms with Crippen molar-refractivity contribution >= 4 is 64.2 Å². The molecule has 252 valence electrons. The van der Waals surface area contributed by atoms with Gasteiger partial charge in [0.25, 0.3) is 0 Å². The first kappa shape index (κ1) is 25.9. The maximum absolute atomic E-state index is 8.67. The van der Waals surface area contributed by atoms with Crippen LogP contribution in [0, 0.1) is 0 Å². The van der Waals surface area contributed by atoms with Gasteiger partial charge in [-0.1, -0.05) is 152 Å². The maximum Gasteiger partial charge on any atom is 0.164 e. The van der Waals surface area contributed by atoms with Gasteiger partial charge < -0.3 is 4.42 Å². The summed E-state index contributed by atoms with van der Waals surface area (Å²) in [5, 5.41) is 6.32. The fourth-order valence-corrected chi connectivity index (χ4v) is 8.74. The first-order chi connectivity index (χ1) is 28.8. The van der Waals surface area contributed by atoms with Crippen molar-refractivity contribution < 1.29 is 11.3 Å². The predicted molar refractivity (Wildman–Crippen MR) is 225 cm³/mol. The van der Waals surface area contributed by atoms with Crippen LogP contribution in [0.4, 0.5) is 0 Å². The summed E-state index contributed by atoms with van der Waals surface area (Å²) in [5.41, 5.74) is 6.96. The third-order valence-corrected chi connectivity index (χ3v) is 11.3. The van der Waals surface area contributed by atoms with Crippen molar-refractivity contribution in [2.45, 2.75) is 0 Å². The van der Waals surface area contributed by atoms with Crippen LogP contribution in [-0.2, 0) is 0 Å². The van der Waals surface area contributed by atoms with Gasteiger partial charge in [0, 0.05) is 47.6 Å². The first-order valence-electron chi connectivity index (χ1n) is 20.1. The van der Waals surface area contributed by atoms with E-state index >= 15 is 0 Å². The fraction of sp³-hybridized carbons (Fsp3) is 0. The Hall–Kier alpha value is -6.95. The fourth-order valence-electron chi connectivity index (χ4n) is 7.38. The van der Waals surface area contributed by atoms with Gasteiger partial charge in [-0.05, 0) is 57.3 Å². The van der Waals surface area contributed by atoms with E-state index in [-0.39, 0.29) is 29.7 Å². The maximum atomic E-state index is 8.67. The van der Waals surface area contributed by atoms with E-state index in [1.54, 1.807) is 11.3 Å². The van der Waals surface area contributed by atoms with Crippen LogP contribution in [0.3, 0.4) is 0 Å². The molecule has 0 aliphatic heterocycles. The Balaban J connectivity index is 1.03. The van der Waals surface area contributed by atoms with Crippen molar-refractivity contribution in [3.8, 4) is 56.4 Å². The minimum Gasteiger partial charge on any atom is -0.456 e. The van der Waals surface area contributed by atoms with Crippen LogP contribution in [0.2, 0.25) is 0 Å². The van der Waals surface area contributed by atoms with Crippen LogP contribution in [0.15, 0.2) is 180 Å². The highest BCUT2D eigenvalue weighted by atomic mass is 32.1.